The number of nitrogens with zero attached hydrogens (tertiary/aromatic N) is 2. The number of hydrogen-bond acceptors (Lipinski definition) is 4. The predicted octanol–water partition coefficient (Wildman–Crippen LogP) is 2.62. The molecule has 2 N–H and O–H groups in total. The highest BCUT2D eigenvalue weighted by Gasteiger charge is 2.41. The molecule has 2 atom stereocenters. The van der Waals surface area contributed by atoms with Crippen molar-refractivity contribution in [2.75, 3.05) is 19.6 Å². The van der Waals surface area contributed by atoms with Gasteiger partial charge in [-0.15, -0.1) is 12.4 Å². The first kappa shape index (κ1) is 21.3. The molecule has 1 fully saturated rings. The molecule has 1 saturated heterocycles. The third-order valence-corrected chi connectivity index (χ3v) is 6.55. The maximum Gasteiger partial charge on any atom is 0.248 e. The molecular formula is C18H18ClF2N3O2S. The van der Waals surface area contributed by atoms with Crippen molar-refractivity contribution >= 4 is 22.4 Å². The van der Waals surface area contributed by atoms with Crippen LogP contribution in [0.4, 0.5) is 8.78 Å². The van der Waals surface area contributed by atoms with Gasteiger partial charge in [-0.2, -0.15) is 9.57 Å². The van der Waals surface area contributed by atoms with Gasteiger partial charge in [-0.25, -0.2) is 17.2 Å². The van der Waals surface area contributed by atoms with Gasteiger partial charge in [0.2, 0.25) is 10.0 Å². The van der Waals surface area contributed by atoms with Gasteiger partial charge in [-0.1, -0.05) is 30.3 Å². The summed E-state index contributed by atoms with van der Waals surface area (Å²) in [5.41, 5.74) is 6.45. The molecule has 2 aromatic carbocycles. The first-order chi connectivity index (χ1) is 12.4. The van der Waals surface area contributed by atoms with Crippen LogP contribution in [0.25, 0.3) is 0 Å². The van der Waals surface area contributed by atoms with Crippen molar-refractivity contribution in [1.29, 1.82) is 5.26 Å². The Balaban J connectivity index is 0.00000261. The number of sulfonamides is 1. The van der Waals surface area contributed by atoms with Crippen molar-refractivity contribution in [3.63, 3.8) is 0 Å². The van der Waals surface area contributed by atoms with E-state index in [2.05, 4.69) is 0 Å². The van der Waals surface area contributed by atoms with E-state index in [4.69, 9.17) is 11.0 Å². The molecule has 144 valence electrons. The molecule has 0 amide bonds. The number of rotatable bonds is 4. The van der Waals surface area contributed by atoms with Crippen molar-refractivity contribution in [1.82, 2.24) is 4.31 Å². The number of halogens is 3. The molecule has 5 nitrogen and oxygen atoms in total. The number of benzene rings is 2. The van der Waals surface area contributed by atoms with Gasteiger partial charge in [-0.05, 0) is 30.2 Å². The van der Waals surface area contributed by atoms with Gasteiger partial charge >= 0.3 is 0 Å². The lowest BCUT2D eigenvalue weighted by Crippen LogP contribution is -2.31. The largest absolute Gasteiger partial charge is 0.330 e. The van der Waals surface area contributed by atoms with Gasteiger partial charge in [0.15, 0.2) is 4.90 Å². The zero-order valence-corrected chi connectivity index (χ0v) is 15.8. The maximum atomic E-state index is 14.2. The molecule has 9 heteroatoms. The fourth-order valence-corrected chi connectivity index (χ4v) is 4.96. The second kappa shape index (κ2) is 8.31. The molecular weight excluding hydrogens is 396 g/mol. The quantitative estimate of drug-likeness (QED) is 0.834. The van der Waals surface area contributed by atoms with Gasteiger partial charge < -0.3 is 5.73 Å². The highest BCUT2D eigenvalue weighted by Crippen LogP contribution is 2.36. The molecule has 1 heterocycles. The molecule has 0 aliphatic carbocycles. The molecule has 3 rings (SSSR count). The van der Waals surface area contributed by atoms with Crippen molar-refractivity contribution in [2.24, 2.45) is 11.7 Å². The SMILES string of the molecule is Cl.N#Cc1cc(F)c(S(=O)(=O)N2C[C@@H](CN)[C@H](c3ccccc3)C2)c(F)c1. The van der Waals surface area contributed by atoms with E-state index < -0.39 is 26.6 Å². The van der Waals surface area contributed by atoms with E-state index in [1.165, 1.54) is 0 Å². The fraction of sp³-hybridized carbons (Fsp3) is 0.278. The standard InChI is InChI=1S/C18H17F2N3O2S.ClH/c19-16-6-12(8-21)7-17(20)18(16)26(24,25)23-10-14(9-22)15(11-23)13-4-2-1-3-5-13;/h1-7,14-15H,9-11,22H2;1H/t14-,15+;/m1./s1. The summed E-state index contributed by atoms with van der Waals surface area (Å²) in [6.07, 6.45) is 0. The zero-order valence-electron chi connectivity index (χ0n) is 14.2. The second-order valence-electron chi connectivity index (χ2n) is 6.22. The average Bonchev–Trinajstić information content (AvgIpc) is 3.07. The molecule has 0 unspecified atom stereocenters. The van der Waals surface area contributed by atoms with Crippen LogP contribution in [-0.4, -0.2) is 32.4 Å². The predicted molar refractivity (Wildman–Crippen MR) is 98.8 cm³/mol. The van der Waals surface area contributed by atoms with E-state index >= 15 is 0 Å². The van der Waals surface area contributed by atoms with E-state index in [0.29, 0.717) is 0 Å². The molecule has 0 spiro atoms. The minimum atomic E-state index is -4.39. The van der Waals surface area contributed by atoms with Crippen molar-refractivity contribution in [2.45, 2.75) is 10.8 Å². The molecule has 1 aliphatic heterocycles. The third-order valence-electron chi connectivity index (χ3n) is 4.66. The Morgan fingerprint density at radius 1 is 1.15 bits per heavy atom. The van der Waals surface area contributed by atoms with Gasteiger partial charge in [-0.3, -0.25) is 0 Å². The van der Waals surface area contributed by atoms with Gasteiger partial charge in [0.1, 0.15) is 11.6 Å². The summed E-state index contributed by atoms with van der Waals surface area (Å²) in [7, 11) is -4.39. The maximum absolute atomic E-state index is 14.2. The highest BCUT2D eigenvalue weighted by atomic mass is 35.5. The first-order valence-corrected chi connectivity index (χ1v) is 9.46. The summed E-state index contributed by atoms with van der Waals surface area (Å²) in [6.45, 7) is 0.425. The Bertz CT molecular complexity index is 941. The van der Waals surface area contributed by atoms with Crippen LogP contribution in [0.3, 0.4) is 0 Å². The Morgan fingerprint density at radius 3 is 2.26 bits per heavy atom. The van der Waals surface area contributed by atoms with Gasteiger partial charge in [0, 0.05) is 19.0 Å². The van der Waals surface area contributed by atoms with E-state index in [0.717, 1.165) is 22.0 Å². The Morgan fingerprint density at radius 2 is 1.74 bits per heavy atom. The monoisotopic (exact) mass is 413 g/mol. The topological polar surface area (TPSA) is 87.2 Å². The lowest BCUT2D eigenvalue weighted by molar-refractivity contribution is 0.443. The van der Waals surface area contributed by atoms with Crippen LogP contribution in [0.2, 0.25) is 0 Å². The molecule has 0 bridgehead atoms. The van der Waals surface area contributed by atoms with E-state index in [1.54, 1.807) is 6.07 Å². The minimum absolute atomic E-state index is 0. The van der Waals surface area contributed by atoms with Crippen molar-refractivity contribution in [3.8, 4) is 6.07 Å². The summed E-state index contributed by atoms with van der Waals surface area (Å²) < 4.78 is 55.2. The number of nitrogens with two attached hydrogens (primary N) is 1. The van der Waals surface area contributed by atoms with Gasteiger partial charge in [0.05, 0.1) is 11.6 Å². The fourth-order valence-electron chi connectivity index (χ4n) is 3.34. The Kier molecular flexibility index (Phi) is 6.54. The normalized spacial score (nSPS) is 20.1. The highest BCUT2D eigenvalue weighted by molar-refractivity contribution is 7.89. The molecule has 0 saturated carbocycles. The van der Waals surface area contributed by atoms with Crippen molar-refractivity contribution in [3.05, 3.63) is 65.2 Å². The first-order valence-electron chi connectivity index (χ1n) is 8.02. The summed E-state index contributed by atoms with van der Waals surface area (Å²) in [5.74, 6) is -2.85. The molecule has 0 radical (unpaired) electrons. The third kappa shape index (κ3) is 3.96. The Hall–Kier alpha value is -2.05. The summed E-state index contributed by atoms with van der Waals surface area (Å²) in [4.78, 5) is -1.03. The molecule has 1 aliphatic rings. The van der Waals surface area contributed by atoms with Crippen LogP contribution in [0.5, 0.6) is 0 Å². The molecule has 2 aromatic rings. The van der Waals surface area contributed by atoms with Crippen LogP contribution in [0, 0.1) is 28.9 Å². The van der Waals surface area contributed by atoms with E-state index in [-0.39, 0.29) is 49.4 Å². The van der Waals surface area contributed by atoms with Crippen LogP contribution in [0.1, 0.15) is 17.0 Å². The molecule has 27 heavy (non-hydrogen) atoms. The van der Waals surface area contributed by atoms with Crippen LogP contribution in [0.15, 0.2) is 47.4 Å². The van der Waals surface area contributed by atoms with E-state index in [1.807, 2.05) is 30.3 Å². The summed E-state index contributed by atoms with van der Waals surface area (Å²) in [6, 6.07) is 12.4. The lowest BCUT2D eigenvalue weighted by atomic mass is 9.89. The van der Waals surface area contributed by atoms with Crippen LogP contribution in [-0.2, 0) is 10.0 Å². The number of nitriles is 1. The minimum Gasteiger partial charge on any atom is -0.330 e. The zero-order chi connectivity index (χ0) is 18.9. The lowest BCUT2D eigenvalue weighted by Gasteiger charge is -2.17. The summed E-state index contributed by atoms with van der Waals surface area (Å²) >= 11 is 0. The summed E-state index contributed by atoms with van der Waals surface area (Å²) in [5, 5.41) is 8.76. The van der Waals surface area contributed by atoms with Crippen LogP contribution >= 0.6 is 12.4 Å². The average molecular weight is 414 g/mol. The number of hydrogen-bond donors (Lipinski definition) is 1. The van der Waals surface area contributed by atoms with Gasteiger partial charge in [0.25, 0.3) is 0 Å². The smallest absolute Gasteiger partial charge is 0.248 e. The van der Waals surface area contributed by atoms with Crippen LogP contribution < -0.4 is 5.73 Å². The van der Waals surface area contributed by atoms with E-state index in [9.17, 15) is 17.2 Å². The Labute approximate surface area is 162 Å². The van der Waals surface area contributed by atoms with Crippen molar-refractivity contribution < 1.29 is 17.2 Å². The molecule has 0 aromatic heterocycles. The second-order valence-corrected chi connectivity index (χ2v) is 8.09.